The molecule has 0 aromatic heterocycles. The van der Waals surface area contributed by atoms with Gasteiger partial charge in [0.2, 0.25) is 11.8 Å². The molecule has 0 bridgehead atoms. The molecule has 7 nitrogen and oxygen atoms in total. The van der Waals surface area contributed by atoms with Crippen LogP contribution in [0.25, 0.3) is 0 Å². The Morgan fingerprint density at radius 2 is 1.74 bits per heavy atom. The molecule has 0 aliphatic carbocycles. The van der Waals surface area contributed by atoms with E-state index in [-0.39, 0.29) is 23.6 Å². The van der Waals surface area contributed by atoms with E-state index >= 15 is 0 Å². The molecule has 2 aromatic rings. The summed E-state index contributed by atoms with van der Waals surface area (Å²) in [6.07, 6.45) is 1.48. The number of thioether (sulfide) groups is 1. The van der Waals surface area contributed by atoms with Gasteiger partial charge < -0.3 is 15.0 Å². The number of likely N-dealkylation sites (tertiary alicyclic amines) is 1. The number of carbonyl (C=O) groups is 4. The quantitative estimate of drug-likeness (QED) is 0.581. The molecule has 3 rings (SSSR count). The molecule has 1 aliphatic rings. The summed E-state index contributed by atoms with van der Waals surface area (Å²) in [6, 6.07) is 16.2. The standard InChI is InChI=1S/C26H30N2O5S/c1-17-9-7-8-12-20(17)21-13-14-22(26(32)33-3)28(21)24(30)16-27-25(31)23(34-18(2)29)15-19-10-5-4-6-11-19/h4-12,21-23H,13-16H2,1-3H3,(H,27,31)/t21?,22-,23?/m0/s1. The molecule has 1 saturated heterocycles. The predicted molar refractivity (Wildman–Crippen MR) is 131 cm³/mol. The minimum Gasteiger partial charge on any atom is -0.467 e. The molecular weight excluding hydrogens is 452 g/mol. The van der Waals surface area contributed by atoms with Crippen LogP contribution in [-0.2, 0) is 30.3 Å². The van der Waals surface area contributed by atoms with Gasteiger partial charge in [0.15, 0.2) is 5.12 Å². The second-order valence-electron chi connectivity index (χ2n) is 8.30. The summed E-state index contributed by atoms with van der Waals surface area (Å²) in [4.78, 5) is 51.9. The summed E-state index contributed by atoms with van der Waals surface area (Å²) in [7, 11) is 1.31. The van der Waals surface area contributed by atoms with E-state index in [2.05, 4.69) is 5.32 Å². The fourth-order valence-corrected chi connectivity index (χ4v) is 5.24. The Bertz CT molecular complexity index is 1040. The Morgan fingerprint density at radius 3 is 2.38 bits per heavy atom. The van der Waals surface area contributed by atoms with Gasteiger partial charge in [-0.1, -0.05) is 66.4 Å². The first-order valence-electron chi connectivity index (χ1n) is 11.2. The molecule has 0 saturated carbocycles. The average molecular weight is 483 g/mol. The third-order valence-corrected chi connectivity index (χ3v) is 6.97. The smallest absolute Gasteiger partial charge is 0.328 e. The van der Waals surface area contributed by atoms with Gasteiger partial charge in [-0.15, -0.1) is 0 Å². The average Bonchev–Trinajstić information content (AvgIpc) is 3.27. The van der Waals surface area contributed by atoms with Crippen molar-refractivity contribution in [3.8, 4) is 0 Å². The lowest BCUT2D eigenvalue weighted by Gasteiger charge is -2.30. The van der Waals surface area contributed by atoms with Crippen molar-refractivity contribution in [1.82, 2.24) is 10.2 Å². The van der Waals surface area contributed by atoms with Gasteiger partial charge in [0.25, 0.3) is 0 Å². The fourth-order valence-electron chi connectivity index (χ4n) is 4.38. The molecule has 2 aromatic carbocycles. The number of hydrogen-bond acceptors (Lipinski definition) is 6. The molecule has 2 amide bonds. The Kier molecular flexibility index (Phi) is 8.87. The Balaban J connectivity index is 1.74. The molecule has 1 N–H and O–H groups in total. The summed E-state index contributed by atoms with van der Waals surface area (Å²) < 4.78 is 4.94. The molecule has 0 spiro atoms. The van der Waals surface area contributed by atoms with Gasteiger partial charge >= 0.3 is 5.97 Å². The van der Waals surface area contributed by atoms with E-state index in [1.807, 2.05) is 61.5 Å². The third-order valence-electron chi connectivity index (χ3n) is 5.97. The number of ether oxygens (including phenoxy) is 1. The summed E-state index contributed by atoms with van der Waals surface area (Å²) in [5, 5.41) is 1.86. The SMILES string of the molecule is COC(=O)[C@@H]1CCC(c2ccccc2C)N1C(=O)CNC(=O)C(Cc1ccccc1)SC(C)=O. The molecule has 2 unspecified atom stereocenters. The number of rotatable bonds is 8. The van der Waals surface area contributed by atoms with E-state index in [4.69, 9.17) is 4.74 Å². The van der Waals surface area contributed by atoms with Crippen molar-refractivity contribution in [2.24, 2.45) is 0 Å². The van der Waals surface area contributed by atoms with Gasteiger partial charge in [-0.05, 0) is 42.9 Å². The fraction of sp³-hybridized carbons (Fsp3) is 0.385. The van der Waals surface area contributed by atoms with Gasteiger partial charge in [-0.2, -0.15) is 0 Å². The zero-order chi connectivity index (χ0) is 24.7. The van der Waals surface area contributed by atoms with Gasteiger partial charge in [0.05, 0.1) is 24.9 Å². The lowest BCUT2D eigenvalue weighted by Crippen LogP contribution is -2.48. The van der Waals surface area contributed by atoms with Gasteiger partial charge in [0.1, 0.15) is 6.04 Å². The van der Waals surface area contributed by atoms with Crippen molar-refractivity contribution in [3.63, 3.8) is 0 Å². The maximum absolute atomic E-state index is 13.3. The van der Waals surface area contributed by atoms with Crippen molar-refractivity contribution >= 4 is 34.7 Å². The highest BCUT2D eigenvalue weighted by Crippen LogP contribution is 2.38. The van der Waals surface area contributed by atoms with Crippen LogP contribution in [0.2, 0.25) is 0 Å². The largest absolute Gasteiger partial charge is 0.467 e. The molecule has 180 valence electrons. The van der Waals surface area contributed by atoms with Crippen LogP contribution in [0.4, 0.5) is 0 Å². The summed E-state index contributed by atoms with van der Waals surface area (Å²) in [5.74, 6) is -1.22. The number of amides is 2. The minimum atomic E-state index is -0.703. The lowest BCUT2D eigenvalue weighted by atomic mass is 9.99. The van der Waals surface area contributed by atoms with Crippen molar-refractivity contribution in [2.75, 3.05) is 13.7 Å². The van der Waals surface area contributed by atoms with Crippen LogP contribution >= 0.6 is 11.8 Å². The van der Waals surface area contributed by atoms with Crippen molar-refractivity contribution < 1.29 is 23.9 Å². The van der Waals surface area contributed by atoms with Gasteiger partial charge in [-0.3, -0.25) is 14.4 Å². The van der Waals surface area contributed by atoms with E-state index < -0.39 is 23.2 Å². The zero-order valence-corrected chi connectivity index (χ0v) is 20.5. The van der Waals surface area contributed by atoms with Gasteiger partial charge in [-0.25, -0.2) is 4.79 Å². The summed E-state index contributed by atoms with van der Waals surface area (Å²) >= 11 is 0.945. The maximum Gasteiger partial charge on any atom is 0.328 e. The Labute approximate surface area is 204 Å². The first kappa shape index (κ1) is 25.5. The predicted octanol–water partition coefficient (Wildman–Crippen LogP) is 3.21. The highest BCUT2D eigenvalue weighted by Gasteiger charge is 2.42. The third kappa shape index (κ3) is 6.26. The minimum absolute atomic E-state index is 0.174. The first-order valence-corrected chi connectivity index (χ1v) is 12.1. The molecule has 0 radical (unpaired) electrons. The number of hydrogen-bond donors (Lipinski definition) is 1. The van der Waals surface area contributed by atoms with Crippen LogP contribution in [-0.4, -0.2) is 52.7 Å². The Hall–Kier alpha value is -3.13. The number of methoxy groups -OCH3 is 1. The number of aryl methyl sites for hydroxylation is 1. The van der Waals surface area contributed by atoms with Crippen LogP contribution < -0.4 is 5.32 Å². The van der Waals surface area contributed by atoms with E-state index in [1.54, 1.807) is 4.90 Å². The normalized spacial score (nSPS) is 18.3. The number of carbonyl (C=O) groups excluding carboxylic acids is 4. The monoisotopic (exact) mass is 482 g/mol. The molecule has 8 heteroatoms. The molecule has 1 heterocycles. The molecular formula is C26H30N2O5S. The van der Waals surface area contributed by atoms with Gasteiger partial charge in [0, 0.05) is 6.92 Å². The lowest BCUT2D eigenvalue weighted by molar-refractivity contribution is -0.152. The number of nitrogens with zero attached hydrogens (tertiary/aromatic N) is 1. The Morgan fingerprint density at radius 1 is 1.06 bits per heavy atom. The van der Waals surface area contributed by atoms with Crippen molar-refractivity contribution in [1.29, 1.82) is 0 Å². The van der Waals surface area contributed by atoms with E-state index in [1.165, 1.54) is 14.0 Å². The number of benzene rings is 2. The van der Waals surface area contributed by atoms with Crippen LogP contribution in [0.1, 0.15) is 42.5 Å². The molecule has 34 heavy (non-hydrogen) atoms. The van der Waals surface area contributed by atoms with Crippen molar-refractivity contribution in [2.45, 2.75) is 50.4 Å². The van der Waals surface area contributed by atoms with Crippen LogP contribution in [0, 0.1) is 6.92 Å². The van der Waals surface area contributed by atoms with E-state index in [9.17, 15) is 19.2 Å². The highest BCUT2D eigenvalue weighted by molar-refractivity contribution is 8.14. The highest BCUT2D eigenvalue weighted by atomic mass is 32.2. The van der Waals surface area contributed by atoms with Crippen LogP contribution in [0.15, 0.2) is 54.6 Å². The molecule has 1 fully saturated rings. The van der Waals surface area contributed by atoms with E-state index in [0.29, 0.717) is 19.3 Å². The summed E-state index contributed by atoms with van der Waals surface area (Å²) in [5.41, 5.74) is 2.93. The topological polar surface area (TPSA) is 92.8 Å². The first-order chi connectivity index (χ1) is 16.3. The second-order valence-corrected chi connectivity index (χ2v) is 9.67. The molecule has 3 atom stereocenters. The van der Waals surface area contributed by atoms with E-state index in [0.717, 1.165) is 28.5 Å². The second kappa shape index (κ2) is 11.8. The summed E-state index contributed by atoms with van der Waals surface area (Å²) in [6.45, 7) is 3.12. The number of nitrogens with one attached hydrogen (secondary N) is 1. The number of esters is 1. The van der Waals surface area contributed by atoms with Crippen LogP contribution in [0.3, 0.4) is 0 Å². The zero-order valence-electron chi connectivity index (χ0n) is 19.7. The molecule has 1 aliphatic heterocycles. The maximum atomic E-state index is 13.3. The van der Waals surface area contributed by atoms with Crippen molar-refractivity contribution in [3.05, 3.63) is 71.3 Å². The van der Waals surface area contributed by atoms with Crippen LogP contribution in [0.5, 0.6) is 0 Å².